The van der Waals surface area contributed by atoms with Gasteiger partial charge in [0.25, 0.3) is 0 Å². The third-order valence-electron chi connectivity index (χ3n) is 16.9. The van der Waals surface area contributed by atoms with Gasteiger partial charge in [0.15, 0.2) is 34.7 Å². The Balaban J connectivity index is 0.000000129. The van der Waals surface area contributed by atoms with E-state index >= 15 is 0 Å². The first kappa shape index (κ1) is 68.5. The van der Waals surface area contributed by atoms with E-state index in [-0.39, 0.29) is 34.7 Å². The van der Waals surface area contributed by atoms with E-state index in [9.17, 15) is 28.8 Å². The summed E-state index contributed by atoms with van der Waals surface area (Å²) >= 11 is 10.6. The molecule has 0 N–H and O–H groups in total. The molecule has 16 rings (SSSR count). The fourth-order valence-corrected chi connectivity index (χ4v) is 19.0. The summed E-state index contributed by atoms with van der Waals surface area (Å²) in [7, 11) is 0. The van der Waals surface area contributed by atoms with Crippen LogP contribution in [0, 0.1) is 0 Å². The third kappa shape index (κ3) is 15.2. The van der Waals surface area contributed by atoms with Crippen LogP contribution >= 0.6 is 82.3 Å². The van der Waals surface area contributed by atoms with Crippen LogP contribution in [0.3, 0.4) is 0 Å². The van der Waals surface area contributed by atoms with Crippen LogP contribution in [0.15, 0.2) is 378 Å². The minimum Gasteiger partial charge on any atom is -0.289 e. The lowest BCUT2D eigenvalue weighted by Crippen LogP contribution is -2.23. The number of carbonyl (C=O) groups excluding carboxylic acids is 6. The molecule has 0 fully saturated rings. The smallest absolute Gasteiger partial charge is 0.196 e. The summed E-state index contributed by atoms with van der Waals surface area (Å²) in [5, 5.41) is 0. The average molecular weight is 1440 g/mol. The van der Waals surface area contributed by atoms with Gasteiger partial charge in [-0.15, -0.1) is 0 Å². The van der Waals surface area contributed by atoms with Crippen molar-refractivity contribution < 1.29 is 28.8 Å². The van der Waals surface area contributed by atoms with Gasteiger partial charge in [-0.2, -0.15) is 0 Å². The zero-order valence-electron chi connectivity index (χ0n) is 54.4. The van der Waals surface area contributed by atoms with Crippen molar-refractivity contribution in [2.75, 3.05) is 0 Å². The predicted molar refractivity (Wildman–Crippen MR) is 412 cm³/mol. The van der Waals surface area contributed by atoms with Gasteiger partial charge < -0.3 is 0 Å². The highest BCUT2D eigenvalue weighted by Gasteiger charge is 2.38. The lowest BCUT2D eigenvalue weighted by molar-refractivity contribution is 0.0972. The maximum Gasteiger partial charge on any atom is 0.196 e. The van der Waals surface area contributed by atoms with Crippen LogP contribution in [0.5, 0.6) is 0 Å². The first-order valence-electron chi connectivity index (χ1n) is 32.8. The number of rotatable bonds is 17. The molecule has 3 aliphatic rings. The lowest BCUT2D eigenvalue weighted by atomic mass is 9.84. The van der Waals surface area contributed by atoms with Crippen molar-refractivity contribution in [3.8, 4) is 0 Å². The van der Waals surface area contributed by atoms with E-state index in [1.807, 2.05) is 255 Å². The highest BCUT2D eigenvalue weighted by atomic mass is 32.2. The van der Waals surface area contributed by atoms with Crippen molar-refractivity contribution in [2.24, 2.45) is 0 Å². The molecule has 13 aromatic carbocycles. The van der Waals surface area contributed by atoms with Gasteiger partial charge in [-0.1, -0.05) is 278 Å². The van der Waals surface area contributed by atoms with Gasteiger partial charge in [-0.05, 0) is 146 Å². The normalized spacial score (nSPS) is 12.3. The van der Waals surface area contributed by atoms with E-state index in [0.29, 0.717) is 66.8 Å². The van der Waals surface area contributed by atoms with Crippen molar-refractivity contribution in [2.45, 2.75) is 94.7 Å². The molecule has 13 heteroatoms. The van der Waals surface area contributed by atoms with Crippen molar-refractivity contribution in [1.29, 1.82) is 0 Å². The lowest BCUT2D eigenvalue weighted by Gasteiger charge is -2.24. The maximum atomic E-state index is 14.3. The molecule has 0 aromatic heterocycles. The van der Waals surface area contributed by atoms with Crippen LogP contribution in [0.2, 0.25) is 0 Å². The van der Waals surface area contributed by atoms with Crippen LogP contribution in [0.1, 0.15) is 121 Å². The second-order valence-electron chi connectivity index (χ2n) is 23.5. The molecule has 13 aromatic rings. The van der Waals surface area contributed by atoms with Gasteiger partial charge in [-0.3, -0.25) is 28.8 Å². The average Bonchev–Trinajstić information content (AvgIpc) is 0.970. The molecule has 0 aliphatic heterocycles. The van der Waals surface area contributed by atoms with E-state index in [4.69, 9.17) is 0 Å². The number of carbonyl (C=O) groups is 6. The number of unbranched alkanes of at least 4 members (excludes halogenated alkanes) is 1. The summed E-state index contributed by atoms with van der Waals surface area (Å²) in [6.45, 7) is 2.20. The van der Waals surface area contributed by atoms with Crippen molar-refractivity contribution in [1.82, 2.24) is 0 Å². The monoisotopic (exact) mass is 1440 g/mol. The van der Waals surface area contributed by atoms with Gasteiger partial charge in [0.2, 0.25) is 0 Å². The van der Waals surface area contributed by atoms with E-state index in [0.717, 1.165) is 75.0 Å². The Morgan fingerprint density at radius 1 is 0.198 bits per heavy atom. The Bertz CT molecular complexity index is 5190. The zero-order valence-corrected chi connectivity index (χ0v) is 60.1. The van der Waals surface area contributed by atoms with Crippen LogP contribution in [-0.4, -0.2) is 34.7 Å². The molecular formula is C88H60O6S7. The van der Waals surface area contributed by atoms with Crippen molar-refractivity contribution >= 4 is 117 Å². The summed E-state index contributed by atoms with van der Waals surface area (Å²) in [5.74, 6) is -0.543. The summed E-state index contributed by atoms with van der Waals surface area (Å²) in [5.41, 5.74) is 7.25. The van der Waals surface area contributed by atoms with E-state index in [2.05, 4.69) is 31.2 Å². The predicted octanol–water partition coefficient (Wildman–Crippen LogP) is 23.8. The second-order valence-corrected chi connectivity index (χ2v) is 31.3. The second kappa shape index (κ2) is 31.9. The molecule has 0 saturated carbocycles. The Labute approximate surface area is 617 Å². The van der Waals surface area contributed by atoms with Crippen LogP contribution in [-0.2, 0) is 6.42 Å². The minimum atomic E-state index is -0.103. The SMILES string of the molecule is CCCCc1ccc(Sc2cccc3c2C(=O)c2cccc(Sc4ccccc4)c2C3=O)cc1.O=C1c2cccc(Sc3ccccc3)c2C(=O)c2c(Sc3ccccc3)ccc(Sc3ccccc3)c21.O=C1c2cccc(Sc3ccccc3)c2C(=O)c2cccc(Sc3ccccc3)c21. The molecule has 0 unspecified atom stereocenters. The van der Waals surface area contributed by atoms with Gasteiger partial charge in [-0.25, -0.2) is 0 Å². The highest BCUT2D eigenvalue weighted by Crippen LogP contribution is 2.47. The molecule has 0 amide bonds. The van der Waals surface area contributed by atoms with Crippen LogP contribution in [0.4, 0.5) is 0 Å². The largest absolute Gasteiger partial charge is 0.289 e. The molecule has 0 atom stereocenters. The molecule has 6 nitrogen and oxygen atoms in total. The topological polar surface area (TPSA) is 102 Å². The molecule has 0 bridgehead atoms. The number of hydrogen-bond acceptors (Lipinski definition) is 13. The van der Waals surface area contributed by atoms with Gasteiger partial charge in [0.05, 0.1) is 0 Å². The summed E-state index contributed by atoms with van der Waals surface area (Å²) in [4.78, 5) is 95.5. The highest BCUT2D eigenvalue weighted by molar-refractivity contribution is 8.01. The summed E-state index contributed by atoms with van der Waals surface area (Å²) < 4.78 is 0. The number of hydrogen-bond donors (Lipinski definition) is 0. The number of aryl methyl sites for hydroxylation is 1. The molecule has 101 heavy (non-hydrogen) atoms. The van der Waals surface area contributed by atoms with E-state index < -0.39 is 0 Å². The van der Waals surface area contributed by atoms with Crippen molar-refractivity contribution in [3.63, 3.8) is 0 Å². The Morgan fingerprint density at radius 2 is 0.406 bits per heavy atom. The number of fused-ring (bicyclic) bond motifs is 6. The summed E-state index contributed by atoms with van der Waals surface area (Å²) in [6, 6.07) is 99.8. The molecule has 0 radical (unpaired) electrons. The summed E-state index contributed by atoms with van der Waals surface area (Å²) in [6.07, 6.45) is 3.43. The van der Waals surface area contributed by atoms with Crippen LogP contribution in [0.25, 0.3) is 0 Å². The third-order valence-corrected chi connectivity index (χ3v) is 24.3. The Hall–Kier alpha value is -9.67. The van der Waals surface area contributed by atoms with Gasteiger partial charge in [0, 0.05) is 135 Å². The van der Waals surface area contributed by atoms with Crippen LogP contribution < -0.4 is 0 Å². The molecule has 0 heterocycles. The van der Waals surface area contributed by atoms with Gasteiger partial charge >= 0.3 is 0 Å². The maximum absolute atomic E-state index is 14.3. The van der Waals surface area contributed by atoms with Gasteiger partial charge in [0.1, 0.15) is 0 Å². The molecule has 3 aliphatic carbocycles. The first-order chi connectivity index (χ1) is 49.6. The number of benzene rings is 13. The van der Waals surface area contributed by atoms with E-state index in [1.165, 1.54) is 89.0 Å². The first-order valence-corrected chi connectivity index (χ1v) is 38.5. The molecule has 0 spiro atoms. The zero-order chi connectivity index (χ0) is 69.2. The molecule has 0 saturated heterocycles. The standard InChI is InChI=1S/C32H20O2S3.C30H24O2S2.C26H16O2S2/c33-31-24-17-10-18-25(35-21-11-4-1-5-12-21)28(24)32(34)30-27(37-23-15-8-3-9-16-23)20-19-26(29(30)31)36-22-13-6-2-7-14-22;1-2-3-9-20-16-18-22(19-17-20)34-26-15-8-13-24-28(26)30(32)23-12-7-14-25(27(23)29(24)31)33-21-10-5-4-6-11-21;27-25-20-14-8-16-22(30-18-11-5-2-6-12-18)24(20)26(28)19-13-7-15-21(23(19)25)29-17-9-3-1-4-10-17/h1-20H;4-8,10-19H,2-3,9H2,1H3;1-16H. The fraction of sp³-hybridized carbons (Fsp3) is 0.0455. The Kier molecular flexibility index (Phi) is 21.6. The number of ketones is 6. The minimum absolute atomic E-state index is 0.0808. The van der Waals surface area contributed by atoms with E-state index in [1.54, 1.807) is 42.1 Å². The Morgan fingerprint density at radius 3 is 0.653 bits per heavy atom. The quantitative estimate of drug-likeness (QED) is 0.0865. The molecular weight excluding hydrogens is 1380 g/mol. The molecule has 490 valence electrons. The fourth-order valence-electron chi connectivity index (χ4n) is 12.1. The van der Waals surface area contributed by atoms with Crippen molar-refractivity contribution in [3.05, 3.63) is 382 Å².